The summed E-state index contributed by atoms with van der Waals surface area (Å²) >= 11 is 0. The first-order chi connectivity index (χ1) is 12.1. The Labute approximate surface area is 144 Å². The van der Waals surface area contributed by atoms with Gasteiger partial charge in [0.1, 0.15) is 5.52 Å². The van der Waals surface area contributed by atoms with Crippen LogP contribution in [-0.2, 0) is 16.0 Å². The first-order valence-corrected chi connectivity index (χ1v) is 7.72. The zero-order valence-corrected chi connectivity index (χ0v) is 13.5. The number of carbonyl (C=O) groups excluding carboxylic acids is 2. The third-order valence-corrected chi connectivity index (χ3v) is 3.70. The Kier molecular flexibility index (Phi) is 4.57. The molecule has 1 amide bonds. The van der Waals surface area contributed by atoms with Crippen molar-refractivity contribution < 1.29 is 14.0 Å². The summed E-state index contributed by atoms with van der Waals surface area (Å²) in [6.07, 6.45) is -0.00654. The van der Waals surface area contributed by atoms with E-state index in [1.165, 1.54) is 6.92 Å². The summed E-state index contributed by atoms with van der Waals surface area (Å²) in [6, 6.07) is 16.1. The van der Waals surface area contributed by atoms with Crippen molar-refractivity contribution >= 4 is 28.5 Å². The van der Waals surface area contributed by atoms with Gasteiger partial charge in [0.25, 0.3) is 0 Å². The lowest BCUT2D eigenvalue weighted by Gasteiger charge is -2.10. The van der Waals surface area contributed by atoms with Crippen molar-refractivity contribution in [2.45, 2.75) is 19.3 Å². The predicted octanol–water partition coefficient (Wildman–Crippen LogP) is 3.21. The van der Waals surface area contributed by atoms with E-state index in [4.69, 9.17) is 4.42 Å². The Morgan fingerprint density at radius 3 is 2.64 bits per heavy atom. The molecule has 0 fully saturated rings. The fourth-order valence-corrected chi connectivity index (χ4v) is 2.55. The number of oxazole rings is 1. The van der Waals surface area contributed by atoms with Gasteiger partial charge >= 0.3 is 0 Å². The molecule has 0 saturated heterocycles. The Balaban J connectivity index is 1.86. The van der Waals surface area contributed by atoms with Crippen molar-refractivity contribution in [1.29, 1.82) is 5.26 Å². The number of benzene rings is 2. The largest absolute Gasteiger partial charge is 0.439 e. The number of anilines is 1. The molecule has 0 saturated carbocycles. The number of amides is 1. The molecule has 1 N–H and O–H groups in total. The maximum atomic E-state index is 12.6. The summed E-state index contributed by atoms with van der Waals surface area (Å²) in [4.78, 5) is 28.2. The Morgan fingerprint density at radius 1 is 1.20 bits per heavy atom. The minimum absolute atomic E-state index is 0.00654. The lowest BCUT2D eigenvalue weighted by Crippen LogP contribution is -2.16. The van der Waals surface area contributed by atoms with Gasteiger partial charge in [-0.25, -0.2) is 4.98 Å². The first kappa shape index (κ1) is 16.4. The molecular formula is C19H15N3O3. The van der Waals surface area contributed by atoms with Gasteiger partial charge in [-0.3, -0.25) is 9.59 Å². The second-order valence-electron chi connectivity index (χ2n) is 5.56. The highest BCUT2D eigenvalue weighted by atomic mass is 16.3. The Bertz CT molecular complexity index is 952. The summed E-state index contributed by atoms with van der Waals surface area (Å²) < 4.78 is 5.55. The lowest BCUT2D eigenvalue weighted by molar-refractivity contribution is -0.119. The fourth-order valence-electron chi connectivity index (χ4n) is 2.55. The summed E-state index contributed by atoms with van der Waals surface area (Å²) in [6.45, 7) is 1.40. The zero-order chi connectivity index (χ0) is 17.8. The molecule has 25 heavy (non-hydrogen) atoms. The van der Waals surface area contributed by atoms with Crippen molar-refractivity contribution in [2.24, 2.45) is 0 Å². The highest BCUT2D eigenvalue weighted by Gasteiger charge is 2.26. The molecule has 0 spiro atoms. The average Bonchev–Trinajstić information content (AvgIpc) is 3.00. The van der Waals surface area contributed by atoms with Crippen LogP contribution in [0, 0.1) is 11.3 Å². The van der Waals surface area contributed by atoms with Crippen LogP contribution in [0.25, 0.3) is 11.1 Å². The molecule has 1 unspecified atom stereocenters. The van der Waals surface area contributed by atoms with Crippen molar-refractivity contribution in [3.8, 4) is 6.07 Å². The minimum Gasteiger partial charge on any atom is -0.439 e. The monoisotopic (exact) mass is 333 g/mol. The smallest absolute Gasteiger partial charge is 0.221 e. The van der Waals surface area contributed by atoms with Crippen molar-refractivity contribution in [3.63, 3.8) is 0 Å². The van der Waals surface area contributed by atoms with Gasteiger partial charge in [0, 0.05) is 19.0 Å². The fraction of sp³-hybridized carbons (Fsp3) is 0.158. The Hall–Kier alpha value is -3.46. The number of aromatic nitrogens is 1. The van der Waals surface area contributed by atoms with Crippen LogP contribution in [0.3, 0.4) is 0 Å². The van der Waals surface area contributed by atoms with Crippen molar-refractivity contribution in [3.05, 3.63) is 60.0 Å². The molecule has 2 aromatic carbocycles. The van der Waals surface area contributed by atoms with Crippen LogP contribution in [0.15, 0.2) is 52.9 Å². The number of para-hydroxylation sites is 3. The van der Waals surface area contributed by atoms with Gasteiger partial charge in [-0.1, -0.05) is 30.3 Å². The van der Waals surface area contributed by atoms with E-state index >= 15 is 0 Å². The van der Waals surface area contributed by atoms with Crippen LogP contribution in [0.1, 0.15) is 24.3 Å². The lowest BCUT2D eigenvalue weighted by atomic mass is 9.98. The topological polar surface area (TPSA) is 96.0 Å². The van der Waals surface area contributed by atoms with Gasteiger partial charge in [-0.15, -0.1) is 0 Å². The van der Waals surface area contributed by atoms with E-state index in [2.05, 4.69) is 10.3 Å². The van der Waals surface area contributed by atoms with E-state index in [1.54, 1.807) is 42.5 Å². The van der Waals surface area contributed by atoms with Crippen LogP contribution in [-0.4, -0.2) is 16.7 Å². The van der Waals surface area contributed by atoms with Crippen molar-refractivity contribution in [2.75, 3.05) is 5.32 Å². The molecule has 3 aromatic rings. The molecule has 1 heterocycles. The van der Waals surface area contributed by atoms with Crippen LogP contribution in [0.4, 0.5) is 5.69 Å². The first-order valence-electron chi connectivity index (χ1n) is 7.72. The summed E-state index contributed by atoms with van der Waals surface area (Å²) in [5.74, 6) is -1.58. The number of carbonyl (C=O) groups is 2. The molecule has 0 radical (unpaired) electrons. The predicted molar refractivity (Wildman–Crippen MR) is 91.8 cm³/mol. The SMILES string of the molecule is CC(=O)Nc1ccccc1CC(=O)C(C#N)c1nc2ccccc2o1. The normalized spacial score (nSPS) is 11.7. The molecule has 0 aliphatic heterocycles. The zero-order valence-electron chi connectivity index (χ0n) is 13.5. The van der Waals surface area contributed by atoms with E-state index < -0.39 is 5.92 Å². The van der Waals surface area contributed by atoms with E-state index in [0.717, 1.165) is 0 Å². The molecule has 1 atom stereocenters. The van der Waals surface area contributed by atoms with Gasteiger partial charge in [0.2, 0.25) is 11.8 Å². The second kappa shape index (κ2) is 6.97. The standard InChI is InChI=1S/C19H15N3O3/c1-12(23)21-15-7-3-2-6-13(15)10-17(24)14(11-20)19-22-16-8-4-5-9-18(16)25-19/h2-9,14H,10H2,1H3,(H,21,23). The maximum absolute atomic E-state index is 12.6. The molecule has 0 aliphatic rings. The van der Waals surface area contributed by atoms with Crippen LogP contribution < -0.4 is 5.32 Å². The van der Waals surface area contributed by atoms with Crippen LogP contribution >= 0.6 is 0 Å². The number of hydrogen-bond donors (Lipinski definition) is 1. The van der Waals surface area contributed by atoms with Gasteiger partial charge in [-0.05, 0) is 23.8 Å². The molecule has 6 heteroatoms. The number of nitriles is 1. The van der Waals surface area contributed by atoms with Crippen molar-refractivity contribution in [1.82, 2.24) is 4.98 Å². The minimum atomic E-state index is -1.10. The number of ketones is 1. The number of hydrogen-bond acceptors (Lipinski definition) is 5. The molecule has 3 rings (SSSR count). The van der Waals surface area contributed by atoms with E-state index in [1.807, 2.05) is 12.1 Å². The van der Waals surface area contributed by atoms with Crippen LogP contribution in [0.5, 0.6) is 0 Å². The average molecular weight is 333 g/mol. The molecule has 1 aromatic heterocycles. The summed E-state index contributed by atoms with van der Waals surface area (Å²) in [5.41, 5.74) is 2.32. The molecule has 124 valence electrons. The molecule has 0 aliphatic carbocycles. The molecule has 0 bridgehead atoms. The number of nitrogens with zero attached hydrogens (tertiary/aromatic N) is 2. The second-order valence-corrected chi connectivity index (χ2v) is 5.56. The quantitative estimate of drug-likeness (QED) is 0.773. The van der Waals surface area contributed by atoms with E-state index in [9.17, 15) is 14.9 Å². The van der Waals surface area contributed by atoms with Crippen LogP contribution in [0.2, 0.25) is 0 Å². The van der Waals surface area contributed by atoms with Gasteiger partial charge < -0.3 is 9.73 Å². The third-order valence-electron chi connectivity index (χ3n) is 3.70. The van der Waals surface area contributed by atoms with E-state index in [0.29, 0.717) is 22.4 Å². The maximum Gasteiger partial charge on any atom is 0.221 e. The molecule has 6 nitrogen and oxygen atoms in total. The highest BCUT2D eigenvalue weighted by molar-refractivity contribution is 5.93. The van der Waals surface area contributed by atoms with Gasteiger partial charge in [0.15, 0.2) is 17.3 Å². The third kappa shape index (κ3) is 3.56. The summed E-state index contributed by atoms with van der Waals surface area (Å²) in [5, 5.41) is 12.1. The number of rotatable bonds is 5. The van der Waals surface area contributed by atoms with E-state index in [-0.39, 0.29) is 24.0 Å². The summed E-state index contributed by atoms with van der Waals surface area (Å²) in [7, 11) is 0. The highest BCUT2D eigenvalue weighted by Crippen LogP contribution is 2.24. The number of Topliss-reactive ketones (excluding diaryl/α,β-unsaturated/α-hetero) is 1. The number of nitrogens with one attached hydrogen (secondary N) is 1. The molecular weight excluding hydrogens is 318 g/mol. The Morgan fingerprint density at radius 2 is 1.92 bits per heavy atom. The van der Waals surface area contributed by atoms with Gasteiger partial charge in [0.05, 0.1) is 6.07 Å². The van der Waals surface area contributed by atoms with Gasteiger partial charge in [-0.2, -0.15) is 5.26 Å². The number of fused-ring (bicyclic) bond motifs is 1.